The van der Waals surface area contributed by atoms with Gasteiger partial charge in [0.25, 0.3) is 0 Å². The quantitative estimate of drug-likeness (QED) is 0.455. The molecule has 32 heavy (non-hydrogen) atoms. The van der Waals surface area contributed by atoms with Crippen LogP contribution < -0.4 is 4.74 Å². The third-order valence-electron chi connectivity index (χ3n) is 4.80. The second-order valence-corrected chi connectivity index (χ2v) is 7.03. The Kier molecular flexibility index (Phi) is 6.52. The third-order valence-corrected chi connectivity index (χ3v) is 4.80. The molecule has 0 fully saturated rings. The molecule has 1 aromatic heterocycles. The van der Waals surface area contributed by atoms with Crippen molar-refractivity contribution in [3.63, 3.8) is 0 Å². The Morgan fingerprint density at radius 1 is 1.03 bits per heavy atom. The molecule has 0 saturated heterocycles. The Morgan fingerprint density at radius 2 is 1.75 bits per heavy atom. The first-order valence-electron chi connectivity index (χ1n) is 9.34. The van der Waals surface area contributed by atoms with Crippen LogP contribution in [-0.4, -0.2) is 15.6 Å². The number of hydrogen-bond donors (Lipinski definition) is 1. The van der Waals surface area contributed by atoms with E-state index in [4.69, 9.17) is 9.84 Å². The summed E-state index contributed by atoms with van der Waals surface area (Å²) in [6, 6.07) is 6.04. The number of rotatable bonds is 7. The van der Waals surface area contributed by atoms with Crippen LogP contribution >= 0.6 is 0 Å². The largest absolute Gasteiger partial charge is 0.484 e. The maximum atomic E-state index is 14.3. The first kappa shape index (κ1) is 23.2. The molecule has 170 valence electrons. The minimum atomic E-state index is -4.77. The zero-order valence-corrected chi connectivity index (χ0v) is 16.6. The summed E-state index contributed by atoms with van der Waals surface area (Å²) >= 11 is 0. The average Bonchev–Trinajstić information content (AvgIpc) is 3.13. The third kappa shape index (κ3) is 5.06. The molecule has 1 N–H and O–H groups in total. The Bertz CT molecular complexity index is 1150. The highest BCUT2D eigenvalue weighted by Crippen LogP contribution is 2.35. The molecule has 0 aliphatic rings. The minimum Gasteiger partial charge on any atom is -0.484 e. The SMILES string of the molecule is Cc1ccc(-n2ccc(C(F)(F)F)c2COc2cc(F)c(CCC(=O)O)cc2F)cc1F. The van der Waals surface area contributed by atoms with Crippen molar-refractivity contribution in [3.05, 3.63) is 82.4 Å². The molecule has 0 saturated carbocycles. The summed E-state index contributed by atoms with van der Waals surface area (Å²) in [6.45, 7) is 0.708. The number of benzene rings is 2. The van der Waals surface area contributed by atoms with E-state index in [1.54, 1.807) is 0 Å². The lowest BCUT2D eigenvalue weighted by Gasteiger charge is -2.16. The predicted molar refractivity (Wildman–Crippen MR) is 102 cm³/mol. The van der Waals surface area contributed by atoms with Crippen LogP contribution in [0.3, 0.4) is 0 Å². The molecular weight excluding hydrogens is 440 g/mol. The Morgan fingerprint density at radius 3 is 2.38 bits per heavy atom. The van der Waals surface area contributed by atoms with Crippen molar-refractivity contribution < 1.29 is 41.0 Å². The number of nitrogens with zero attached hydrogens (tertiary/aromatic N) is 1. The maximum Gasteiger partial charge on any atom is 0.418 e. The highest BCUT2D eigenvalue weighted by Gasteiger charge is 2.36. The lowest BCUT2D eigenvalue weighted by Crippen LogP contribution is -2.13. The van der Waals surface area contributed by atoms with Gasteiger partial charge in [-0.15, -0.1) is 0 Å². The van der Waals surface area contributed by atoms with Crippen LogP contribution in [0.2, 0.25) is 0 Å². The van der Waals surface area contributed by atoms with Crippen LogP contribution in [-0.2, 0) is 24.0 Å². The van der Waals surface area contributed by atoms with Crippen LogP contribution in [0.5, 0.6) is 5.75 Å². The Labute approximate surface area is 178 Å². The van der Waals surface area contributed by atoms with Crippen LogP contribution in [0.15, 0.2) is 42.6 Å². The fourth-order valence-electron chi connectivity index (χ4n) is 3.10. The second-order valence-electron chi connectivity index (χ2n) is 7.03. The number of aromatic nitrogens is 1. The number of halogens is 6. The molecule has 0 amide bonds. The van der Waals surface area contributed by atoms with Gasteiger partial charge in [-0.25, -0.2) is 13.2 Å². The Hall–Kier alpha value is -3.43. The molecule has 0 aliphatic carbocycles. The van der Waals surface area contributed by atoms with E-state index in [-0.39, 0.29) is 17.7 Å². The summed E-state index contributed by atoms with van der Waals surface area (Å²) in [5.74, 6) is -4.47. The van der Waals surface area contributed by atoms with Crippen molar-refractivity contribution in [2.45, 2.75) is 32.5 Å². The van der Waals surface area contributed by atoms with Crippen LogP contribution in [0.1, 0.15) is 28.8 Å². The monoisotopic (exact) mass is 457 g/mol. The molecule has 0 radical (unpaired) electrons. The highest BCUT2D eigenvalue weighted by atomic mass is 19.4. The molecule has 3 rings (SSSR count). The van der Waals surface area contributed by atoms with Crippen LogP contribution in [0.4, 0.5) is 26.3 Å². The number of hydrogen-bond acceptors (Lipinski definition) is 2. The fraction of sp³-hybridized carbons (Fsp3) is 0.227. The number of carboxylic acid groups (broad SMARTS) is 1. The van der Waals surface area contributed by atoms with Crippen molar-refractivity contribution in [2.24, 2.45) is 0 Å². The van der Waals surface area contributed by atoms with Gasteiger partial charge in [-0.3, -0.25) is 4.79 Å². The van der Waals surface area contributed by atoms with Gasteiger partial charge in [0.2, 0.25) is 0 Å². The van der Waals surface area contributed by atoms with E-state index in [2.05, 4.69) is 0 Å². The summed E-state index contributed by atoms with van der Waals surface area (Å²) in [5, 5.41) is 8.66. The van der Waals surface area contributed by atoms with Crippen LogP contribution in [0, 0.1) is 24.4 Å². The number of ether oxygens (including phenoxy) is 1. The van der Waals surface area contributed by atoms with Gasteiger partial charge in [-0.05, 0) is 48.7 Å². The summed E-state index contributed by atoms with van der Waals surface area (Å²) in [7, 11) is 0. The Balaban J connectivity index is 1.93. The smallest absolute Gasteiger partial charge is 0.418 e. The normalized spacial score (nSPS) is 11.6. The van der Waals surface area contributed by atoms with Crippen molar-refractivity contribution in [1.29, 1.82) is 0 Å². The summed E-state index contributed by atoms with van der Waals surface area (Å²) < 4.78 is 89.0. The van der Waals surface area contributed by atoms with Crippen molar-refractivity contribution in [1.82, 2.24) is 4.57 Å². The molecule has 0 aliphatic heterocycles. The van der Waals surface area contributed by atoms with E-state index in [9.17, 15) is 31.1 Å². The fourth-order valence-corrected chi connectivity index (χ4v) is 3.10. The molecule has 1 heterocycles. The van der Waals surface area contributed by atoms with E-state index >= 15 is 0 Å². The molecule has 2 aromatic carbocycles. The molecule has 4 nitrogen and oxygen atoms in total. The van der Waals surface area contributed by atoms with Gasteiger partial charge in [0.15, 0.2) is 11.6 Å². The van der Waals surface area contributed by atoms with Crippen molar-refractivity contribution >= 4 is 5.97 Å². The lowest BCUT2D eigenvalue weighted by atomic mass is 10.1. The van der Waals surface area contributed by atoms with Gasteiger partial charge in [0, 0.05) is 24.4 Å². The summed E-state index contributed by atoms with van der Waals surface area (Å²) in [5.41, 5.74) is -1.31. The molecule has 0 bridgehead atoms. The number of alkyl halides is 3. The predicted octanol–water partition coefficient (Wildman–Crippen LogP) is 5.82. The van der Waals surface area contributed by atoms with Gasteiger partial charge in [0.05, 0.1) is 11.3 Å². The zero-order valence-electron chi connectivity index (χ0n) is 16.6. The van der Waals surface area contributed by atoms with Gasteiger partial charge in [-0.2, -0.15) is 13.2 Å². The van der Waals surface area contributed by atoms with Crippen molar-refractivity contribution in [2.75, 3.05) is 0 Å². The zero-order chi connectivity index (χ0) is 23.6. The second kappa shape index (κ2) is 8.97. The lowest BCUT2D eigenvalue weighted by molar-refractivity contribution is -0.139. The van der Waals surface area contributed by atoms with Crippen molar-refractivity contribution in [3.8, 4) is 11.4 Å². The van der Waals surface area contributed by atoms with E-state index < -0.39 is 59.6 Å². The average molecular weight is 457 g/mol. The highest BCUT2D eigenvalue weighted by molar-refractivity contribution is 5.67. The summed E-state index contributed by atoms with van der Waals surface area (Å²) in [4.78, 5) is 10.6. The maximum absolute atomic E-state index is 14.3. The van der Waals surface area contributed by atoms with E-state index in [1.807, 2.05) is 0 Å². The van der Waals surface area contributed by atoms with E-state index in [0.717, 1.165) is 29.0 Å². The van der Waals surface area contributed by atoms with Crippen LogP contribution in [0.25, 0.3) is 5.69 Å². The molecule has 10 heteroatoms. The molecule has 3 aromatic rings. The van der Waals surface area contributed by atoms with E-state index in [1.165, 1.54) is 19.1 Å². The first-order valence-corrected chi connectivity index (χ1v) is 9.34. The molecule has 0 atom stereocenters. The topological polar surface area (TPSA) is 51.5 Å². The van der Waals surface area contributed by atoms with Gasteiger partial charge < -0.3 is 14.4 Å². The van der Waals surface area contributed by atoms with Gasteiger partial charge in [-0.1, -0.05) is 6.07 Å². The number of aliphatic carboxylic acids is 1. The van der Waals surface area contributed by atoms with E-state index in [0.29, 0.717) is 11.6 Å². The molecule has 0 unspecified atom stereocenters. The van der Waals surface area contributed by atoms with Gasteiger partial charge >= 0.3 is 12.1 Å². The summed E-state index contributed by atoms with van der Waals surface area (Å²) in [6.07, 6.45) is -4.38. The van der Waals surface area contributed by atoms with Gasteiger partial charge in [0.1, 0.15) is 18.2 Å². The number of carboxylic acids is 1. The molecule has 0 spiro atoms. The molecular formula is C22H17F6NO3. The first-order chi connectivity index (χ1) is 15.0. The standard InChI is InChI=1S/C22H17F6NO3/c1-12-2-4-14(9-16(12)23)29-7-6-15(22(26,27)28)19(29)11-32-20-10-17(24)13(8-18(20)25)3-5-21(30)31/h2,4,6-10H,3,5,11H2,1H3,(H,30,31). The minimum absolute atomic E-state index is 0.0953. The number of carbonyl (C=O) groups is 1. The number of aryl methyl sites for hydroxylation is 2.